The van der Waals surface area contributed by atoms with Gasteiger partial charge < -0.3 is 10.1 Å². The van der Waals surface area contributed by atoms with Crippen LogP contribution in [0.4, 0.5) is 0 Å². The van der Waals surface area contributed by atoms with Gasteiger partial charge in [-0.3, -0.25) is 9.48 Å². The Balaban J connectivity index is 1.43. The van der Waals surface area contributed by atoms with Gasteiger partial charge >= 0.3 is 0 Å². The van der Waals surface area contributed by atoms with Crippen molar-refractivity contribution in [2.75, 3.05) is 6.61 Å². The maximum absolute atomic E-state index is 11.9. The molecule has 0 aliphatic carbocycles. The normalized spacial score (nSPS) is 10.1. The molecule has 0 saturated heterocycles. The SMILES string of the molecule is N#Cc1ccc(OCC(=O)NCc2ccc(Cn3cccn3)cc2)cc1. The Kier molecular flexibility index (Phi) is 5.63. The molecular formula is C20H18N4O2. The molecule has 1 heterocycles. The van der Waals surface area contributed by atoms with E-state index in [-0.39, 0.29) is 12.5 Å². The van der Waals surface area contributed by atoms with E-state index in [1.165, 1.54) is 0 Å². The number of nitrogens with zero attached hydrogens (tertiary/aromatic N) is 3. The molecule has 0 atom stereocenters. The van der Waals surface area contributed by atoms with E-state index in [9.17, 15) is 4.79 Å². The molecule has 0 aliphatic rings. The van der Waals surface area contributed by atoms with Crippen molar-refractivity contribution in [2.45, 2.75) is 13.1 Å². The zero-order valence-electron chi connectivity index (χ0n) is 14.1. The monoisotopic (exact) mass is 346 g/mol. The fourth-order valence-electron chi connectivity index (χ4n) is 2.37. The van der Waals surface area contributed by atoms with Crippen LogP contribution < -0.4 is 10.1 Å². The maximum atomic E-state index is 11.9. The average Bonchev–Trinajstić information content (AvgIpc) is 3.19. The molecule has 2 aromatic carbocycles. The smallest absolute Gasteiger partial charge is 0.258 e. The third kappa shape index (κ3) is 4.95. The van der Waals surface area contributed by atoms with E-state index in [1.807, 2.05) is 47.3 Å². The van der Waals surface area contributed by atoms with Gasteiger partial charge in [0, 0.05) is 18.9 Å². The molecule has 1 N–H and O–H groups in total. The molecule has 0 unspecified atom stereocenters. The number of nitrogens with one attached hydrogen (secondary N) is 1. The van der Waals surface area contributed by atoms with Crippen LogP contribution in [0.3, 0.4) is 0 Å². The summed E-state index contributed by atoms with van der Waals surface area (Å²) in [6.45, 7) is 1.10. The van der Waals surface area contributed by atoms with Gasteiger partial charge in [0.15, 0.2) is 6.61 Å². The molecule has 0 saturated carbocycles. The summed E-state index contributed by atoms with van der Waals surface area (Å²) in [5.41, 5.74) is 2.71. The van der Waals surface area contributed by atoms with E-state index in [1.54, 1.807) is 30.5 Å². The highest BCUT2D eigenvalue weighted by molar-refractivity contribution is 5.77. The van der Waals surface area contributed by atoms with E-state index in [4.69, 9.17) is 10.00 Å². The zero-order chi connectivity index (χ0) is 18.2. The van der Waals surface area contributed by atoms with E-state index in [2.05, 4.69) is 10.4 Å². The fourth-order valence-corrected chi connectivity index (χ4v) is 2.37. The van der Waals surface area contributed by atoms with Gasteiger partial charge in [-0.1, -0.05) is 24.3 Å². The predicted octanol–water partition coefficient (Wildman–Crippen LogP) is 2.50. The van der Waals surface area contributed by atoms with Crippen molar-refractivity contribution in [2.24, 2.45) is 0 Å². The van der Waals surface area contributed by atoms with Crippen molar-refractivity contribution in [1.29, 1.82) is 5.26 Å². The highest BCUT2D eigenvalue weighted by Gasteiger charge is 2.04. The number of nitriles is 1. The first-order valence-electron chi connectivity index (χ1n) is 8.18. The summed E-state index contributed by atoms with van der Waals surface area (Å²) in [5.74, 6) is 0.358. The van der Waals surface area contributed by atoms with Gasteiger partial charge in [0.1, 0.15) is 5.75 Å². The minimum Gasteiger partial charge on any atom is -0.484 e. The average molecular weight is 346 g/mol. The van der Waals surface area contributed by atoms with Gasteiger partial charge in [0.25, 0.3) is 5.91 Å². The van der Waals surface area contributed by atoms with Crippen LogP contribution >= 0.6 is 0 Å². The molecule has 0 radical (unpaired) electrons. The molecule has 0 spiro atoms. The van der Waals surface area contributed by atoms with Gasteiger partial charge in [-0.25, -0.2) is 0 Å². The molecular weight excluding hydrogens is 328 g/mol. The Morgan fingerprint density at radius 1 is 1.12 bits per heavy atom. The number of hydrogen-bond acceptors (Lipinski definition) is 4. The van der Waals surface area contributed by atoms with Crippen molar-refractivity contribution in [3.05, 3.63) is 83.7 Å². The summed E-state index contributed by atoms with van der Waals surface area (Å²) in [7, 11) is 0. The summed E-state index contributed by atoms with van der Waals surface area (Å²) in [6.07, 6.45) is 3.67. The van der Waals surface area contributed by atoms with Crippen LogP contribution in [0, 0.1) is 11.3 Å². The second kappa shape index (κ2) is 8.49. The largest absolute Gasteiger partial charge is 0.484 e. The first-order chi connectivity index (χ1) is 12.7. The Bertz CT molecular complexity index is 879. The third-order valence-corrected chi connectivity index (χ3v) is 3.77. The van der Waals surface area contributed by atoms with Crippen LogP contribution in [0.2, 0.25) is 0 Å². The van der Waals surface area contributed by atoms with E-state index in [0.29, 0.717) is 17.9 Å². The molecule has 3 rings (SSSR count). The van der Waals surface area contributed by atoms with Gasteiger partial charge in [-0.15, -0.1) is 0 Å². The van der Waals surface area contributed by atoms with Gasteiger partial charge in [-0.2, -0.15) is 10.4 Å². The maximum Gasteiger partial charge on any atom is 0.258 e. The molecule has 0 fully saturated rings. The molecule has 3 aromatic rings. The lowest BCUT2D eigenvalue weighted by molar-refractivity contribution is -0.123. The Morgan fingerprint density at radius 2 is 1.85 bits per heavy atom. The standard InChI is InChI=1S/C20H18N4O2/c21-12-16-6-8-19(9-7-16)26-15-20(25)22-13-17-2-4-18(5-3-17)14-24-11-1-10-23-24/h1-11H,13-15H2,(H,22,25). The van der Waals surface area contributed by atoms with Crippen molar-refractivity contribution >= 4 is 5.91 Å². The number of carbonyl (C=O) groups excluding carboxylic acids is 1. The minimum atomic E-state index is -0.199. The summed E-state index contributed by atoms with van der Waals surface area (Å²) >= 11 is 0. The zero-order valence-corrected chi connectivity index (χ0v) is 14.1. The van der Waals surface area contributed by atoms with Crippen LogP contribution in [0.15, 0.2) is 67.0 Å². The number of rotatable bonds is 7. The van der Waals surface area contributed by atoms with E-state index in [0.717, 1.165) is 17.7 Å². The molecule has 1 aromatic heterocycles. The predicted molar refractivity (Wildman–Crippen MR) is 96.3 cm³/mol. The van der Waals surface area contributed by atoms with Gasteiger partial charge in [-0.05, 0) is 41.5 Å². The molecule has 26 heavy (non-hydrogen) atoms. The van der Waals surface area contributed by atoms with Crippen LogP contribution in [-0.4, -0.2) is 22.3 Å². The highest BCUT2D eigenvalue weighted by Crippen LogP contribution is 2.11. The van der Waals surface area contributed by atoms with Crippen molar-refractivity contribution in [3.63, 3.8) is 0 Å². The number of carbonyl (C=O) groups is 1. The Morgan fingerprint density at radius 3 is 2.50 bits per heavy atom. The van der Waals surface area contributed by atoms with Crippen molar-refractivity contribution in [3.8, 4) is 11.8 Å². The molecule has 6 heteroatoms. The van der Waals surface area contributed by atoms with Gasteiger partial charge in [0.05, 0.1) is 18.2 Å². The second-order valence-corrected chi connectivity index (χ2v) is 5.72. The second-order valence-electron chi connectivity index (χ2n) is 5.72. The lowest BCUT2D eigenvalue weighted by atomic mass is 10.1. The number of aromatic nitrogens is 2. The molecule has 0 bridgehead atoms. The lowest BCUT2D eigenvalue weighted by Crippen LogP contribution is -2.28. The minimum absolute atomic E-state index is 0.0662. The van der Waals surface area contributed by atoms with Crippen LogP contribution in [-0.2, 0) is 17.9 Å². The Hall–Kier alpha value is -3.59. The van der Waals surface area contributed by atoms with Crippen LogP contribution in [0.1, 0.15) is 16.7 Å². The number of amides is 1. The third-order valence-electron chi connectivity index (χ3n) is 3.77. The van der Waals surface area contributed by atoms with Crippen LogP contribution in [0.25, 0.3) is 0 Å². The highest BCUT2D eigenvalue weighted by atomic mass is 16.5. The summed E-state index contributed by atoms with van der Waals surface area (Å²) < 4.78 is 7.26. The summed E-state index contributed by atoms with van der Waals surface area (Å²) in [4.78, 5) is 11.9. The topological polar surface area (TPSA) is 79.9 Å². The number of ether oxygens (including phenoxy) is 1. The van der Waals surface area contributed by atoms with E-state index < -0.39 is 0 Å². The molecule has 0 aliphatic heterocycles. The molecule has 1 amide bonds. The first kappa shape index (κ1) is 17.2. The quantitative estimate of drug-likeness (QED) is 0.713. The Labute approximate surface area is 151 Å². The van der Waals surface area contributed by atoms with Gasteiger partial charge in [0.2, 0.25) is 0 Å². The molecule has 6 nitrogen and oxygen atoms in total. The number of benzene rings is 2. The van der Waals surface area contributed by atoms with Crippen LogP contribution in [0.5, 0.6) is 5.75 Å². The van der Waals surface area contributed by atoms with Crippen molar-refractivity contribution < 1.29 is 9.53 Å². The first-order valence-corrected chi connectivity index (χ1v) is 8.18. The molecule has 130 valence electrons. The number of hydrogen-bond donors (Lipinski definition) is 1. The summed E-state index contributed by atoms with van der Waals surface area (Å²) in [6, 6.07) is 18.6. The van der Waals surface area contributed by atoms with E-state index >= 15 is 0 Å². The lowest BCUT2D eigenvalue weighted by Gasteiger charge is -2.08. The van der Waals surface area contributed by atoms with Crippen molar-refractivity contribution in [1.82, 2.24) is 15.1 Å². The fraction of sp³-hybridized carbons (Fsp3) is 0.150. The summed E-state index contributed by atoms with van der Waals surface area (Å²) in [5, 5.41) is 15.7.